The van der Waals surface area contributed by atoms with E-state index in [9.17, 15) is 9.90 Å². The SMILES string of the molecule is CNN(C(=N)c1cn2c(n1)-c1cc(C(=O)NC(C)(C)CO)ccc1OCC2)c1ccccc1Cl. The van der Waals surface area contributed by atoms with Gasteiger partial charge in [0, 0.05) is 18.8 Å². The van der Waals surface area contributed by atoms with Crippen molar-refractivity contribution in [3.05, 3.63) is 64.9 Å². The molecule has 0 fully saturated rings. The third-order valence-corrected chi connectivity index (χ3v) is 5.80. The number of fused-ring (bicyclic) bond motifs is 3. The fourth-order valence-corrected chi connectivity index (χ4v) is 3.88. The summed E-state index contributed by atoms with van der Waals surface area (Å²) < 4.78 is 7.79. The molecule has 4 rings (SSSR count). The number of hydrazine groups is 1. The quantitative estimate of drug-likeness (QED) is 0.244. The van der Waals surface area contributed by atoms with Crippen LogP contribution < -0.4 is 20.5 Å². The fourth-order valence-electron chi connectivity index (χ4n) is 3.66. The van der Waals surface area contributed by atoms with Gasteiger partial charge in [-0.3, -0.25) is 15.2 Å². The van der Waals surface area contributed by atoms with Crippen LogP contribution in [0.15, 0.2) is 48.7 Å². The molecular weight excluding hydrogens is 456 g/mol. The lowest BCUT2D eigenvalue weighted by molar-refractivity contribution is 0.0869. The van der Waals surface area contributed by atoms with Crippen LogP contribution in [0.3, 0.4) is 0 Å². The van der Waals surface area contributed by atoms with Gasteiger partial charge in [0.05, 0.1) is 35.0 Å². The standard InChI is InChI=1S/C24H27ClN6O3/c1-24(2,14-32)29-23(33)15-8-9-20-16(12-15)22-28-18(13-30(22)10-11-34-20)21(26)31(27-3)19-7-5-4-6-17(19)25/h4-9,12-13,26-27,32H,10-11,14H2,1-3H3,(H,29,33). The number of amides is 1. The molecule has 0 spiro atoms. The number of halogens is 1. The average Bonchev–Trinajstić information content (AvgIpc) is 3.17. The van der Waals surface area contributed by atoms with Crippen molar-refractivity contribution in [2.45, 2.75) is 25.9 Å². The van der Waals surface area contributed by atoms with E-state index in [4.69, 9.17) is 26.7 Å². The summed E-state index contributed by atoms with van der Waals surface area (Å²) in [4.78, 5) is 17.5. The molecule has 2 heterocycles. The Morgan fingerprint density at radius 2 is 2.09 bits per heavy atom. The Kier molecular flexibility index (Phi) is 6.60. The van der Waals surface area contributed by atoms with Gasteiger partial charge in [-0.05, 0) is 44.2 Å². The van der Waals surface area contributed by atoms with E-state index in [0.29, 0.717) is 52.3 Å². The minimum atomic E-state index is -0.754. The van der Waals surface area contributed by atoms with Crippen LogP contribution in [-0.4, -0.2) is 52.2 Å². The molecule has 0 bridgehead atoms. The summed E-state index contributed by atoms with van der Waals surface area (Å²) in [6.45, 7) is 4.26. The molecule has 178 valence electrons. The molecule has 0 radical (unpaired) electrons. The van der Waals surface area contributed by atoms with Crippen molar-refractivity contribution < 1.29 is 14.6 Å². The van der Waals surface area contributed by atoms with Crippen molar-refractivity contribution in [1.82, 2.24) is 20.3 Å². The lowest BCUT2D eigenvalue weighted by Crippen LogP contribution is -2.46. The predicted molar refractivity (Wildman–Crippen MR) is 132 cm³/mol. The second kappa shape index (κ2) is 9.46. The molecule has 0 atom stereocenters. The number of para-hydroxylation sites is 1. The van der Waals surface area contributed by atoms with Gasteiger partial charge in [0.2, 0.25) is 0 Å². The predicted octanol–water partition coefficient (Wildman–Crippen LogP) is 3.06. The summed E-state index contributed by atoms with van der Waals surface area (Å²) in [6, 6.07) is 12.4. The van der Waals surface area contributed by atoms with Crippen molar-refractivity contribution in [3.8, 4) is 17.1 Å². The Hall–Kier alpha value is -3.40. The molecule has 34 heavy (non-hydrogen) atoms. The molecule has 1 aliphatic heterocycles. The number of carbonyl (C=O) groups excluding carboxylic acids is 1. The normalized spacial score (nSPS) is 12.7. The molecule has 0 unspecified atom stereocenters. The number of aliphatic hydroxyl groups is 1. The molecular formula is C24H27ClN6O3. The number of imidazole rings is 1. The number of aliphatic hydroxyl groups excluding tert-OH is 1. The number of benzene rings is 2. The maximum Gasteiger partial charge on any atom is 0.251 e. The van der Waals surface area contributed by atoms with Gasteiger partial charge in [-0.2, -0.15) is 0 Å². The van der Waals surface area contributed by atoms with Crippen LogP contribution in [0.5, 0.6) is 5.75 Å². The van der Waals surface area contributed by atoms with Gasteiger partial charge in [-0.1, -0.05) is 23.7 Å². The molecule has 4 N–H and O–H groups in total. The maximum atomic E-state index is 12.8. The van der Waals surface area contributed by atoms with Gasteiger partial charge in [0.15, 0.2) is 5.84 Å². The van der Waals surface area contributed by atoms with Crippen LogP contribution in [0.25, 0.3) is 11.4 Å². The van der Waals surface area contributed by atoms with E-state index in [1.165, 1.54) is 0 Å². The van der Waals surface area contributed by atoms with Crippen LogP contribution >= 0.6 is 11.6 Å². The van der Waals surface area contributed by atoms with Gasteiger partial charge < -0.3 is 19.7 Å². The van der Waals surface area contributed by atoms with Gasteiger partial charge in [-0.25, -0.2) is 10.4 Å². The molecule has 0 saturated carbocycles. The Morgan fingerprint density at radius 3 is 2.79 bits per heavy atom. The number of anilines is 1. The first-order chi connectivity index (χ1) is 16.2. The number of rotatable bonds is 6. The number of amidine groups is 1. The van der Waals surface area contributed by atoms with E-state index < -0.39 is 5.54 Å². The number of aromatic nitrogens is 2. The van der Waals surface area contributed by atoms with Crippen molar-refractivity contribution in [3.63, 3.8) is 0 Å². The Balaban J connectivity index is 1.71. The number of carbonyl (C=O) groups is 1. The lowest BCUT2D eigenvalue weighted by Gasteiger charge is -2.24. The second-order valence-electron chi connectivity index (χ2n) is 8.56. The van der Waals surface area contributed by atoms with E-state index in [0.717, 1.165) is 0 Å². The van der Waals surface area contributed by atoms with E-state index in [1.807, 2.05) is 22.8 Å². The number of hydrogen-bond donors (Lipinski definition) is 4. The van der Waals surface area contributed by atoms with Crippen molar-refractivity contribution >= 4 is 29.0 Å². The number of hydrogen-bond acceptors (Lipinski definition) is 6. The Labute approximate surface area is 202 Å². The first-order valence-corrected chi connectivity index (χ1v) is 11.2. The largest absolute Gasteiger partial charge is 0.491 e. The summed E-state index contributed by atoms with van der Waals surface area (Å²) in [5.74, 6) is 1.02. The maximum absolute atomic E-state index is 12.8. The van der Waals surface area contributed by atoms with Crippen LogP contribution in [0.1, 0.15) is 29.9 Å². The van der Waals surface area contributed by atoms with Gasteiger partial charge in [-0.15, -0.1) is 0 Å². The summed E-state index contributed by atoms with van der Waals surface area (Å²) in [5.41, 5.74) is 4.39. The summed E-state index contributed by atoms with van der Waals surface area (Å²) in [6.07, 6.45) is 1.79. The highest BCUT2D eigenvalue weighted by Gasteiger charge is 2.25. The summed E-state index contributed by atoms with van der Waals surface area (Å²) >= 11 is 6.35. The zero-order chi connectivity index (χ0) is 24.5. The van der Waals surface area contributed by atoms with E-state index in [-0.39, 0.29) is 18.3 Å². The first-order valence-electron chi connectivity index (χ1n) is 10.8. The molecule has 0 saturated heterocycles. The highest BCUT2D eigenvalue weighted by molar-refractivity contribution is 6.34. The summed E-state index contributed by atoms with van der Waals surface area (Å²) in [7, 11) is 1.71. The number of ether oxygens (including phenoxy) is 1. The smallest absolute Gasteiger partial charge is 0.251 e. The molecule has 3 aromatic rings. The van der Waals surface area contributed by atoms with Crippen molar-refractivity contribution in [2.24, 2.45) is 0 Å². The van der Waals surface area contributed by atoms with E-state index in [2.05, 4.69) is 10.7 Å². The molecule has 10 heteroatoms. The van der Waals surface area contributed by atoms with Crippen LogP contribution in [0, 0.1) is 5.41 Å². The molecule has 2 aromatic carbocycles. The van der Waals surface area contributed by atoms with Gasteiger partial charge in [0.25, 0.3) is 5.91 Å². The van der Waals surface area contributed by atoms with Crippen LogP contribution in [0.2, 0.25) is 5.02 Å². The van der Waals surface area contributed by atoms with Gasteiger partial charge in [0.1, 0.15) is 23.9 Å². The summed E-state index contributed by atoms with van der Waals surface area (Å²) in [5, 5.41) is 23.1. The first kappa shape index (κ1) is 23.7. The third kappa shape index (κ3) is 4.63. The van der Waals surface area contributed by atoms with E-state index in [1.54, 1.807) is 56.4 Å². The van der Waals surface area contributed by atoms with Crippen molar-refractivity contribution in [2.75, 3.05) is 25.3 Å². The highest BCUT2D eigenvalue weighted by Crippen LogP contribution is 2.33. The molecule has 1 aliphatic rings. The van der Waals surface area contributed by atoms with Crippen LogP contribution in [0.4, 0.5) is 5.69 Å². The zero-order valence-corrected chi connectivity index (χ0v) is 20.0. The third-order valence-electron chi connectivity index (χ3n) is 5.48. The highest BCUT2D eigenvalue weighted by atomic mass is 35.5. The Bertz CT molecular complexity index is 1240. The number of nitrogens with one attached hydrogen (secondary N) is 3. The average molecular weight is 483 g/mol. The fraction of sp³-hybridized carbons (Fsp3) is 0.292. The Morgan fingerprint density at radius 1 is 1.32 bits per heavy atom. The van der Waals surface area contributed by atoms with E-state index >= 15 is 0 Å². The lowest BCUT2D eigenvalue weighted by atomic mass is 10.0. The van der Waals surface area contributed by atoms with Crippen LogP contribution in [-0.2, 0) is 6.54 Å². The van der Waals surface area contributed by atoms with Crippen molar-refractivity contribution in [1.29, 1.82) is 5.41 Å². The topological polar surface area (TPSA) is 116 Å². The number of nitrogens with zero attached hydrogens (tertiary/aromatic N) is 3. The second-order valence-corrected chi connectivity index (χ2v) is 8.96. The minimum Gasteiger partial charge on any atom is -0.491 e. The molecule has 1 aromatic heterocycles. The monoisotopic (exact) mass is 482 g/mol. The minimum absolute atomic E-state index is 0.122. The molecule has 9 nitrogen and oxygen atoms in total. The molecule has 1 amide bonds. The zero-order valence-electron chi connectivity index (χ0n) is 19.2. The molecule has 0 aliphatic carbocycles. The van der Waals surface area contributed by atoms with Gasteiger partial charge >= 0.3 is 0 Å².